The van der Waals surface area contributed by atoms with E-state index >= 15 is 0 Å². The second-order valence-electron chi connectivity index (χ2n) is 6.04. The first kappa shape index (κ1) is 19.0. The van der Waals surface area contributed by atoms with E-state index in [2.05, 4.69) is 5.32 Å². The molecule has 1 amide bonds. The highest BCUT2D eigenvalue weighted by Gasteiger charge is 2.35. The summed E-state index contributed by atoms with van der Waals surface area (Å²) in [5, 5.41) is 2.83. The average molecular weight is 321 g/mol. The van der Waals surface area contributed by atoms with Gasteiger partial charge >= 0.3 is 5.97 Å². The van der Waals surface area contributed by atoms with Crippen LogP contribution in [0.2, 0.25) is 0 Å². The van der Waals surface area contributed by atoms with Crippen molar-refractivity contribution in [2.45, 2.75) is 52.5 Å². The second-order valence-corrected chi connectivity index (χ2v) is 6.04. The lowest BCUT2D eigenvalue weighted by Crippen LogP contribution is -2.53. The van der Waals surface area contributed by atoms with Crippen LogP contribution >= 0.6 is 0 Å². The molecule has 0 aliphatic heterocycles. The number of benzene rings is 1. The van der Waals surface area contributed by atoms with Crippen molar-refractivity contribution in [3.8, 4) is 5.75 Å². The number of nitrogens with one attached hydrogen (secondary N) is 1. The molecule has 0 fully saturated rings. The number of carbonyl (C=O) groups excluding carboxylic acids is 2. The molecule has 1 atom stereocenters. The number of methoxy groups -OCH3 is 2. The molecule has 1 N–H and O–H groups in total. The van der Waals surface area contributed by atoms with Gasteiger partial charge in [0.1, 0.15) is 11.3 Å². The standard InChI is InChI=1S/C18H27NO4/c1-7-8-18(4,17(21)23-6)19-16(20)11-15-12(2)9-14(22-5)10-13(15)3/h9-10H,7-8,11H2,1-6H3,(H,19,20). The molecule has 1 aromatic carbocycles. The molecule has 0 spiro atoms. The average Bonchev–Trinajstić information content (AvgIpc) is 2.49. The highest BCUT2D eigenvalue weighted by Crippen LogP contribution is 2.22. The fourth-order valence-electron chi connectivity index (χ4n) is 2.80. The molecule has 5 nitrogen and oxygen atoms in total. The molecule has 1 rings (SSSR count). The number of amides is 1. The summed E-state index contributed by atoms with van der Waals surface area (Å²) in [6, 6.07) is 3.81. The molecule has 23 heavy (non-hydrogen) atoms. The SMILES string of the molecule is CCCC(C)(NC(=O)Cc1c(C)cc(OC)cc1C)C(=O)OC. The fraction of sp³-hybridized carbons (Fsp3) is 0.556. The molecular formula is C18H27NO4. The summed E-state index contributed by atoms with van der Waals surface area (Å²) in [5.41, 5.74) is 1.95. The number of hydrogen-bond donors (Lipinski definition) is 1. The van der Waals surface area contributed by atoms with Crippen molar-refractivity contribution in [2.75, 3.05) is 14.2 Å². The van der Waals surface area contributed by atoms with Crippen LogP contribution in [0.1, 0.15) is 43.4 Å². The fourth-order valence-corrected chi connectivity index (χ4v) is 2.80. The van der Waals surface area contributed by atoms with Crippen LogP contribution in [0.15, 0.2) is 12.1 Å². The van der Waals surface area contributed by atoms with E-state index in [1.165, 1.54) is 7.11 Å². The third-order valence-electron chi connectivity index (χ3n) is 4.04. The zero-order valence-electron chi connectivity index (χ0n) is 14.9. The maximum atomic E-state index is 12.4. The normalized spacial score (nSPS) is 13.1. The maximum Gasteiger partial charge on any atom is 0.331 e. The molecule has 0 saturated carbocycles. The van der Waals surface area contributed by atoms with Crippen molar-refractivity contribution >= 4 is 11.9 Å². The molecule has 0 aliphatic carbocycles. The predicted molar refractivity (Wildman–Crippen MR) is 89.6 cm³/mol. The van der Waals surface area contributed by atoms with Crippen LogP contribution in [0, 0.1) is 13.8 Å². The Morgan fingerprint density at radius 2 is 1.74 bits per heavy atom. The summed E-state index contributed by atoms with van der Waals surface area (Å²) < 4.78 is 10.1. The van der Waals surface area contributed by atoms with E-state index in [0.29, 0.717) is 6.42 Å². The van der Waals surface area contributed by atoms with Crippen molar-refractivity contribution < 1.29 is 19.1 Å². The summed E-state index contributed by atoms with van der Waals surface area (Å²) >= 11 is 0. The van der Waals surface area contributed by atoms with E-state index in [1.807, 2.05) is 32.9 Å². The van der Waals surface area contributed by atoms with Gasteiger partial charge in [0.2, 0.25) is 5.91 Å². The molecule has 0 radical (unpaired) electrons. The Labute approximate surface area is 138 Å². The number of aryl methyl sites for hydroxylation is 2. The van der Waals surface area contributed by atoms with Gasteiger partial charge in [0.15, 0.2) is 0 Å². The van der Waals surface area contributed by atoms with Crippen LogP contribution in [-0.2, 0) is 20.7 Å². The quantitative estimate of drug-likeness (QED) is 0.784. The lowest BCUT2D eigenvalue weighted by Gasteiger charge is -2.27. The Hall–Kier alpha value is -2.04. The third kappa shape index (κ3) is 4.71. The van der Waals surface area contributed by atoms with Crippen LogP contribution in [0.4, 0.5) is 0 Å². The van der Waals surface area contributed by atoms with E-state index in [9.17, 15) is 9.59 Å². The Balaban J connectivity index is 2.93. The predicted octanol–water partition coefficient (Wildman–Crippen LogP) is 2.70. The molecule has 0 aromatic heterocycles. The van der Waals surface area contributed by atoms with E-state index in [4.69, 9.17) is 9.47 Å². The minimum Gasteiger partial charge on any atom is -0.497 e. The van der Waals surface area contributed by atoms with Crippen molar-refractivity contribution in [1.82, 2.24) is 5.32 Å². The second kappa shape index (κ2) is 7.99. The van der Waals surface area contributed by atoms with Gasteiger partial charge in [0.05, 0.1) is 20.6 Å². The summed E-state index contributed by atoms with van der Waals surface area (Å²) in [6.07, 6.45) is 1.52. The van der Waals surface area contributed by atoms with E-state index in [-0.39, 0.29) is 12.3 Å². The van der Waals surface area contributed by atoms with E-state index in [1.54, 1.807) is 14.0 Å². The molecule has 0 saturated heterocycles. The number of carbonyl (C=O) groups is 2. The van der Waals surface area contributed by atoms with Crippen LogP contribution in [0.5, 0.6) is 5.75 Å². The smallest absolute Gasteiger partial charge is 0.331 e. The maximum absolute atomic E-state index is 12.4. The third-order valence-corrected chi connectivity index (χ3v) is 4.04. The first-order chi connectivity index (χ1) is 10.8. The van der Waals surface area contributed by atoms with Crippen molar-refractivity contribution in [2.24, 2.45) is 0 Å². The van der Waals surface area contributed by atoms with Crippen LogP contribution < -0.4 is 10.1 Å². The minimum atomic E-state index is -0.991. The Kier molecular flexibility index (Phi) is 6.61. The largest absolute Gasteiger partial charge is 0.497 e. The topological polar surface area (TPSA) is 64.6 Å². The number of esters is 1. The van der Waals surface area contributed by atoms with Crippen LogP contribution in [-0.4, -0.2) is 31.6 Å². The van der Waals surface area contributed by atoms with Gasteiger partial charge in [0.25, 0.3) is 0 Å². The first-order valence-corrected chi connectivity index (χ1v) is 7.81. The molecule has 0 heterocycles. The zero-order valence-corrected chi connectivity index (χ0v) is 14.9. The molecule has 0 aliphatic rings. The van der Waals surface area contributed by atoms with Crippen molar-refractivity contribution in [1.29, 1.82) is 0 Å². The lowest BCUT2D eigenvalue weighted by atomic mass is 9.94. The molecule has 0 bridgehead atoms. The summed E-state index contributed by atoms with van der Waals surface area (Å²) in [7, 11) is 2.95. The van der Waals surface area contributed by atoms with E-state index < -0.39 is 11.5 Å². The zero-order chi connectivity index (χ0) is 17.6. The van der Waals surface area contributed by atoms with E-state index in [0.717, 1.165) is 28.9 Å². The molecule has 5 heteroatoms. The first-order valence-electron chi connectivity index (χ1n) is 7.81. The molecular weight excluding hydrogens is 294 g/mol. The molecule has 1 unspecified atom stereocenters. The highest BCUT2D eigenvalue weighted by molar-refractivity contribution is 5.88. The monoisotopic (exact) mass is 321 g/mol. The summed E-state index contributed by atoms with van der Waals surface area (Å²) in [4.78, 5) is 24.4. The van der Waals surface area contributed by atoms with Crippen LogP contribution in [0.3, 0.4) is 0 Å². The molecule has 128 valence electrons. The van der Waals surface area contributed by atoms with Gasteiger partial charge in [-0.05, 0) is 56.0 Å². The number of ether oxygens (including phenoxy) is 2. The Morgan fingerprint density at radius 1 is 1.17 bits per heavy atom. The lowest BCUT2D eigenvalue weighted by molar-refractivity contribution is -0.150. The van der Waals surface area contributed by atoms with Crippen molar-refractivity contribution in [3.63, 3.8) is 0 Å². The summed E-state index contributed by atoms with van der Waals surface area (Å²) in [5.74, 6) is 0.160. The minimum absolute atomic E-state index is 0.192. The van der Waals surface area contributed by atoms with Gasteiger partial charge in [0, 0.05) is 0 Å². The van der Waals surface area contributed by atoms with Crippen LogP contribution in [0.25, 0.3) is 0 Å². The summed E-state index contributed by atoms with van der Waals surface area (Å²) in [6.45, 7) is 7.56. The van der Waals surface area contributed by atoms with Gasteiger partial charge in [-0.3, -0.25) is 4.79 Å². The van der Waals surface area contributed by atoms with Gasteiger partial charge in [-0.25, -0.2) is 4.79 Å². The molecule has 1 aromatic rings. The Bertz CT molecular complexity index is 559. The Morgan fingerprint density at radius 3 is 2.17 bits per heavy atom. The number of hydrogen-bond acceptors (Lipinski definition) is 4. The highest BCUT2D eigenvalue weighted by atomic mass is 16.5. The van der Waals surface area contributed by atoms with Gasteiger partial charge in [-0.2, -0.15) is 0 Å². The van der Waals surface area contributed by atoms with Crippen molar-refractivity contribution in [3.05, 3.63) is 28.8 Å². The van der Waals surface area contributed by atoms with Gasteiger partial charge in [-0.1, -0.05) is 13.3 Å². The number of rotatable bonds is 7. The van der Waals surface area contributed by atoms with Gasteiger partial charge < -0.3 is 14.8 Å². The van der Waals surface area contributed by atoms with Gasteiger partial charge in [-0.15, -0.1) is 0 Å².